The summed E-state index contributed by atoms with van der Waals surface area (Å²) in [6.45, 7) is 2.73. The number of rotatable bonds is 8. The molecule has 0 aromatic heterocycles. The SMILES string of the molecule is COc1ccc(C(O)C(CN2CCCC2)NC(=O)OCc2ccccc2)cc1. The summed E-state index contributed by atoms with van der Waals surface area (Å²) >= 11 is 0. The van der Waals surface area contributed by atoms with Crippen LogP contribution in [-0.2, 0) is 11.3 Å². The zero-order valence-electron chi connectivity index (χ0n) is 16.2. The van der Waals surface area contributed by atoms with Gasteiger partial charge in [-0.25, -0.2) is 4.79 Å². The molecule has 6 heteroatoms. The highest BCUT2D eigenvalue weighted by Crippen LogP contribution is 2.22. The Morgan fingerprint density at radius 3 is 2.43 bits per heavy atom. The Bertz CT molecular complexity index is 730. The van der Waals surface area contributed by atoms with Gasteiger partial charge in [-0.15, -0.1) is 0 Å². The van der Waals surface area contributed by atoms with E-state index in [1.807, 2.05) is 42.5 Å². The van der Waals surface area contributed by atoms with E-state index >= 15 is 0 Å². The third kappa shape index (κ3) is 5.71. The summed E-state index contributed by atoms with van der Waals surface area (Å²) in [6.07, 6.45) is 0.921. The van der Waals surface area contributed by atoms with Gasteiger partial charge in [-0.2, -0.15) is 0 Å². The van der Waals surface area contributed by atoms with Gasteiger partial charge >= 0.3 is 6.09 Å². The molecule has 1 heterocycles. The number of nitrogens with one attached hydrogen (secondary N) is 1. The normalized spacial score (nSPS) is 16.4. The van der Waals surface area contributed by atoms with E-state index in [0.29, 0.717) is 6.54 Å². The minimum absolute atomic E-state index is 0.196. The molecule has 0 saturated carbocycles. The van der Waals surface area contributed by atoms with Gasteiger partial charge in [-0.3, -0.25) is 0 Å². The predicted octanol–water partition coefficient (Wildman–Crippen LogP) is 3.12. The van der Waals surface area contributed by atoms with Crippen molar-refractivity contribution in [2.24, 2.45) is 0 Å². The van der Waals surface area contributed by atoms with Crippen LogP contribution in [0.5, 0.6) is 5.75 Å². The molecule has 1 fully saturated rings. The summed E-state index contributed by atoms with van der Waals surface area (Å²) in [5.41, 5.74) is 1.65. The number of likely N-dealkylation sites (tertiary alicyclic amines) is 1. The summed E-state index contributed by atoms with van der Waals surface area (Å²) in [5, 5.41) is 13.8. The lowest BCUT2D eigenvalue weighted by molar-refractivity contribution is 0.0882. The topological polar surface area (TPSA) is 71.0 Å². The summed E-state index contributed by atoms with van der Waals surface area (Å²) < 4.78 is 10.5. The second kappa shape index (κ2) is 10.1. The van der Waals surface area contributed by atoms with Gasteiger partial charge in [0.25, 0.3) is 0 Å². The van der Waals surface area contributed by atoms with Crippen LogP contribution in [-0.4, -0.2) is 48.9 Å². The van der Waals surface area contributed by atoms with Crippen molar-refractivity contribution < 1.29 is 19.4 Å². The Hall–Kier alpha value is -2.57. The molecule has 0 bridgehead atoms. The number of carbonyl (C=O) groups is 1. The fourth-order valence-corrected chi connectivity index (χ4v) is 3.42. The van der Waals surface area contributed by atoms with Crippen molar-refractivity contribution in [1.82, 2.24) is 10.2 Å². The monoisotopic (exact) mass is 384 g/mol. The van der Waals surface area contributed by atoms with Crippen molar-refractivity contribution in [3.05, 3.63) is 65.7 Å². The van der Waals surface area contributed by atoms with Gasteiger partial charge in [-0.1, -0.05) is 42.5 Å². The third-order valence-corrected chi connectivity index (χ3v) is 5.01. The molecule has 28 heavy (non-hydrogen) atoms. The second-order valence-electron chi connectivity index (χ2n) is 7.04. The molecule has 2 aromatic rings. The van der Waals surface area contributed by atoms with E-state index in [1.165, 1.54) is 0 Å². The van der Waals surface area contributed by atoms with Crippen LogP contribution in [0.1, 0.15) is 30.1 Å². The Labute approximate surface area is 166 Å². The lowest BCUT2D eigenvalue weighted by Gasteiger charge is -2.28. The van der Waals surface area contributed by atoms with E-state index < -0.39 is 18.2 Å². The van der Waals surface area contributed by atoms with Crippen LogP contribution in [0.2, 0.25) is 0 Å². The summed E-state index contributed by atoms with van der Waals surface area (Å²) in [7, 11) is 1.60. The average molecular weight is 384 g/mol. The molecule has 2 atom stereocenters. The molecule has 0 spiro atoms. The van der Waals surface area contributed by atoms with Crippen LogP contribution < -0.4 is 10.1 Å². The van der Waals surface area contributed by atoms with Crippen molar-refractivity contribution in [1.29, 1.82) is 0 Å². The number of alkyl carbamates (subject to hydrolysis) is 1. The zero-order chi connectivity index (χ0) is 19.8. The second-order valence-corrected chi connectivity index (χ2v) is 7.04. The van der Waals surface area contributed by atoms with Crippen molar-refractivity contribution in [2.45, 2.75) is 31.6 Å². The number of hydrogen-bond acceptors (Lipinski definition) is 5. The minimum atomic E-state index is -0.837. The van der Waals surface area contributed by atoms with Crippen LogP contribution in [0.4, 0.5) is 4.79 Å². The van der Waals surface area contributed by atoms with Crippen LogP contribution >= 0.6 is 0 Å². The van der Waals surface area contributed by atoms with Gasteiger partial charge in [0.1, 0.15) is 18.5 Å². The maximum Gasteiger partial charge on any atom is 0.407 e. The third-order valence-electron chi connectivity index (χ3n) is 5.01. The minimum Gasteiger partial charge on any atom is -0.497 e. The number of benzene rings is 2. The van der Waals surface area contributed by atoms with E-state index in [9.17, 15) is 9.90 Å². The first-order chi connectivity index (χ1) is 13.7. The van der Waals surface area contributed by atoms with Gasteiger partial charge < -0.3 is 24.8 Å². The molecule has 0 aliphatic carbocycles. The van der Waals surface area contributed by atoms with E-state index in [2.05, 4.69) is 10.2 Å². The molecule has 150 valence electrons. The van der Waals surface area contributed by atoms with E-state index in [1.54, 1.807) is 19.2 Å². The predicted molar refractivity (Wildman–Crippen MR) is 107 cm³/mol. The highest BCUT2D eigenvalue weighted by atomic mass is 16.5. The summed E-state index contributed by atoms with van der Waals surface area (Å²) in [4.78, 5) is 14.6. The number of aliphatic hydroxyl groups excluding tert-OH is 1. The van der Waals surface area contributed by atoms with Crippen LogP contribution in [0, 0.1) is 0 Å². The number of hydrogen-bond donors (Lipinski definition) is 2. The first-order valence-electron chi connectivity index (χ1n) is 9.67. The molecule has 1 aliphatic heterocycles. The van der Waals surface area contributed by atoms with Gasteiger partial charge in [-0.05, 0) is 49.2 Å². The molecule has 1 saturated heterocycles. The van der Waals surface area contributed by atoms with E-state index in [-0.39, 0.29) is 6.61 Å². The molecule has 2 aromatic carbocycles. The summed E-state index contributed by atoms with van der Waals surface area (Å²) in [5.74, 6) is 0.724. The molecule has 2 unspecified atom stereocenters. The van der Waals surface area contributed by atoms with Crippen molar-refractivity contribution in [2.75, 3.05) is 26.7 Å². The van der Waals surface area contributed by atoms with Gasteiger partial charge in [0.15, 0.2) is 0 Å². The number of carbonyl (C=O) groups excluding carboxylic acids is 1. The lowest BCUT2D eigenvalue weighted by atomic mass is 10.0. The van der Waals surface area contributed by atoms with Gasteiger partial charge in [0.2, 0.25) is 0 Å². The van der Waals surface area contributed by atoms with Crippen LogP contribution in [0.25, 0.3) is 0 Å². The van der Waals surface area contributed by atoms with Crippen LogP contribution in [0.3, 0.4) is 0 Å². The van der Waals surface area contributed by atoms with Crippen molar-refractivity contribution in [3.63, 3.8) is 0 Å². The van der Waals surface area contributed by atoms with Crippen LogP contribution in [0.15, 0.2) is 54.6 Å². The number of nitrogens with zero attached hydrogens (tertiary/aromatic N) is 1. The van der Waals surface area contributed by atoms with E-state index in [0.717, 1.165) is 42.8 Å². The maximum absolute atomic E-state index is 12.4. The first kappa shape index (κ1) is 20.2. The lowest BCUT2D eigenvalue weighted by Crippen LogP contribution is -2.46. The first-order valence-corrected chi connectivity index (χ1v) is 9.67. The smallest absolute Gasteiger partial charge is 0.407 e. The molecule has 3 rings (SSSR count). The highest BCUT2D eigenvalue weighted by Gasteiger charge is 2.27. The number of ether oxygens (including phenoxy) is 2. The Morgan fingerprint density at radius 1 is 1.11 bits per heavy atom. The molecule has 1 amide bonds. The Balaban J connectivity index is 1.63. The summed E-state index contributed by atoms with van der Waals surface area (Å²) in [6, 6.07) is 16.3. The Morgan fingerprint density at radius 2 is 1.79 bits per heavy atom. The molecule has 2 N–H and O–H groups in total. The van der Waals surface area contributed by atoms with Crippen molar-refractivity contribution in [3.8, 4) is 5.75 Å². The largest absolute Gasteiger partial charge is 0.497 e. The standard InChI is InChI=1S/C22H28N2O4/c1-27-19-11-9-18(10-12-19)21(25)20(15-24-13-5-6-14-24)23-22(26)28-16-17-7-3-2-4-8-17/h2-4,7-12,20-21,25H,5-6,13-16H2,1H3,(H,23,26). The molecular weight excluding hydrogens is 356 g/mol. The number of aliphatic hydroxyl groups is 1. The quantitative estimate of drug-likeness (QED) is 0.732. The molecule has 6 nitrogen and oxygen atoms in total. The molecule has 1 aliphatic rings. The molecule has 0 radical (unpaired) electrons. The zero-order valence-corrected chi connectivity index (χ0v) is 16.2. The Kier molecular flexibility index (Phi) is 7.28. The average Bonchev–Trinajstić information content (AvgIpc) is 3.25. The maximum atomic E-state index is 12.4. The molecular formula is C22H28N2O4. The van der Waals surface area contributed by atoms with E-state index in [4.69, 9.17) is 9.47 Å². The highest BCUT2D eigenvalue weighted by molar-refractivity contribution is 5.67. The number of amides is 1. The number of methoxy groups -OCH3 is 1. The fraction of sp³-hybridized carbons (Fsp3) is 0.409. The van der Waals surface area contributed by atoms with Gasteiger partial charge in [0.05, 0.1) is 13.2 Å². The fourth-order valence-electron chi connectivity index (χ4n) is 3.42. The van der Waals surface area contributed by atoms with Crippen molar-refractivity contribution >= 4 is 6.09 Å². The van der Waals surface area contributed by atoms with Gasteiger partial charge in [0, 0.05) is 6.54 Å².